The standard InChI is InChI=1S/C19H28N4O3/c1-12-17(13(2)26-21-12)11-23-16-8-7-14(18(23)24)9-22(10-16)19(25)20-15-5-3-4-6-15/h14-16H,3-11H2,1-2H3,(H,20,25)/t14-,16+/m0/s1. The first-order valence-corrected chi connectivity index (χ1v) is 9.80. The first-order chi connectivity index (χ1) is 12.5. The molecule has 1 N–H and O–H groups in total. The summed E-state index contributed by atoms with van der Waals surface area (Å²) in [5, 5.41) is 7.18. The Morgan fingerprint density at radius 3 is 2.65 bits per heavy atom. The van der Waals surface area contributed by atoms with Gasteiger partial charge < -0.3 is 19.6 Å². The summed E-state index contributed by atoms with van der Waals surface area (Å²) in [4.78, 5) is 29.5. The monoisotopic (exact) mass is 360 g/mol. The minimum absolute atomic E-state index is 0.000730. The van der Waals surface area contributed by atoms with E-state index in [1.54, 1.807) is 0 Å². The lowest BCUT2D eigenvalue weighted by atomic mass is 9.93. The average Bonchev–Trinajstić information content (AvgIpc) is 3.13. The van der Waals surface area contributed by atoms with Gasteiger partial charge in [-0.05, 0) is 39.5 Å². The molecule has 4 aliphatic rings. The van der Waals surface area contributed by atoms with Gasteiger partial charge in [0.25, 0.3) is 0 Å². The smallest absolute Gasteiger partial charge is 0.317 e. The molecule has 3 amide bonds. The van der Waals surface area contributed by atoms with E-state index in [9.17, 15) is 9.59 Å². The van der Waals surface area contributed by atoms with E-state index in [-0.39, 0.29) is 23.9 Å². The molecular weight excluding hydrogens is 332 g/mol. The van der Waals surface area contributed by atoms with Crippen LogP contribution in [0.2, 0.25) is 0 Å². The third kappa shape index (κ3) is 3.19. The summed E-state index contributed by atoms with van der Waals surface area (Å²) in [6.07, 6.45) is 6.36. The van der Waals surface area contributed by atoms with Crippen molar-refractivity contribution in [3.05, 3.63) is 17.0 Å². The van der Waals surface area contributed by atoms with E-state index < -0.39 is 0 Å². The van der Waals surface area contributed by atoms with Gasteiger partial charge in [-0.1, -0.05) is 18.0 Å². The molecule has 1 aromatic rings. The van der Waals surface area contributed by atoms with Gasteiger partial charge >= 0.3 is 6.03 Å². The predicted molar refractivity (Wildman–Crippen MR) is 95.4 cm³/mol. The van der Waals surface area contributed by atoms with E-state index >= 15 is 0 Å². The molecule has 142 valence electrons. The van der Waals surface area contributed by atoms with Gasteiger partial charge in [-0.25, -0.2) is 4.79 Å². The van der Waals surface area contributed by atoms with Crippen LogP contribution in [0.25, 0.3) is 0 Å². The van der Waals surface area contributed by atoms with Crippen LogP contribution in [-0.2, 0) is 11.3 Å². The number of urea groups is 1. The van der Waals surface area contributed by atoms with Crippen LogP contribution in [0.4, 0.5) is 4.79 Å². The second-order valence-corrected chi connectivity index (χ2v) is 8.03. The molecule has 1 saturated carbocycles. The molecule has 0 aromatic carbocycles. The molecule has 3 saturated heterocycles. The molecule has 0 unspecified atom stereocenters. The van der Waals surface area contributed by atoms with Crippen LogP contribution in [-0.4, -0.2) is 52.1 Å². The van der Waals surface area contributed by atoms with Crippen molar-refractivity contribution < 1.29 is 14.1 Å². The highest BCUT2D eigenvalue weighted by molar-refractivity contribution is 5.83. The Hall–Kier alpha value is -2.05. The largest absolute Gasteiger partial charge is 0.361 e. The quantitative estimate of drug-likeness (QED) is 0.897. The third-order valence-electron chi connectivity index (χ3n) is 6.27. The Kier molecular flexibility index (Phi) is 4.63. The SMILES string of the molecule is Cc1noc(C)c1CN1C(=O)[C@H]2CC[C@@H]1CN(C(=O)NC1CCCC1)C2. The number of hydrogen-bond acceptors (Lipinski definition) is 4. The van der Waals surface area contributed by atoms with Gasteiger partial charge in [-0.15, -0.1) is 0 Å². The molecular formula is C19H28N4O3. The summed E-state index contributed by atoms with van der Waals surface area (Å²) in [6.45, 7) is 5.47. The van der Waals surface area contributed by atoms with E-state index in [0.717, 1.165) is 42.7 Å². The molecule has 7 heteroatoms. The highest BCUT2D eigenvalue weighted by atomic mass is 16.5. The zero-order valence-electron chi connectivity index (χ0n) is 15.7. The van der Waals surface area contributed by atoms with E-state index in [0.29, 0.717) is 25.7 Å². The summed E-state index contributed by atoms with van der Waals surface area (Å²) in [7, 11) is 0. The topological polar surface area (TPSA) is 78.7 Å². The molecule has 5 rings (SSSR count). The van der Waals surface area contributed by atoms with Crippen LogP contribution in [0.1, 0.15) is 55.5 Å². The van der Waals surface area contributed by atoms with Gasteiger partial charge in [0.2, 0.25) is 5.91 Å². The number of amides is 3. The lowest BCUT2D eigenvalue weighted by Crippen LogP contribution is -2.48. The number of fused-ring (bicyclic) bond motifs is 4. The van der Waals surface area contributed by atoms with Crippen molar-refractivity contribution in [1.29, 1.82) is 0 Å². The summed E-state index contributed by atoms with van der Waals surface area (Å²) in [6, 6.07) is 0.377. The fourth-order valence-electron chi connectivity index (χ4n) is 4.65. The first kappa shape index (κ1) is 17.4. The molecule has 0 spiro atoms. The van der Waals surface area contributed by atoms with Crippen molar-refractivity contribution in [3.8, 4) is 0 Å². The Morgan fingerprint density at radius 1 is 1.19 bits per heavy atom. The second kappa shape index (κ2) is 6.93. The van der Waals surface area contributed by atoms with Crippen LogP contribution in [0.15, 0.2) is 4.52 Å². The van der Waals surface area contributed by atoms with Crippen molar-refractivity contribution in [2.45, 2.75) is 71.0 Å². The van der Waals surface area contributed by atoms with Gasteiger partial charge in [-0.2, -0.15) is 0 Å². The van der Waals surface area contributed by atoms with E-state index in [1.165, 1.54) is 12.8 Å². The minimum atomic E-state index is -0.0939. The minimum Gasteiger partial charge on any atom is -0.361 e. The molecule has 1 aromatic heterocycles. The molecule has 0 radical (unpaired) electrons. The zero-order chi connectivity index (χ0) is 18.3. The Balaban J connectivity index is 1.48. The number of piperidine rings is 1. The Labute approximate surface area is 154 Å². The van der Waals surface area contributed by atoms with Crippen LogP contribution < -0.4 is 5.32 Å². The maximum Gasteiger partial charge on any atom is 0.317 e. The fourth-order valence-corrected chi connectivity index (χ4v) is 4.65. The second-order valence-electron chi connectivity index (χ2n) is 8.03. The maximum absolute atomic E-state index is 13.0. The molecule has 4 heterocycles. The summed E-state index contributed by atoms with van der Waals surface area (Å²) in [5.41, 5.74) is 1.83. The maximum atomic E-state index is 13.0. The van der Waals surface area contributed by atoms with Gasteiger partial charge in [0.05, 0.1) is 18.2 Å². The van der Waals surface area contributed by atoms with Crippen molar-refractivity contribution in [3.63, 3.8) is 0 Å². The molecule has 26 heavy (non-hydrogen) atoms. The summed E-state index contributed by atoms with van der Waals surface area (Å²) in [5.74, 6) is 0.840. The highest BCUT2D eigenvalue weighted by Crippen LogP contribution is 2.31. The molecule has 7 nitrogen and oxygen atoms in total. The van der Waals surface area contributed by atoms with E-state index in [2.05, 4.69) is 10.5 Å². The Bertz CT molecular complexity index is 675. The molecule has 3 aliphatic heterocycles. The van der Waals surface area contributed by atoms with Crippen LogP contribution in [0.3, 0.4) is 0 Å². The number of rotatable bonds is 3. The highest BCUT2D eigenvalue weighted by Gasteiger charge is 2.42. The first-order valence-electron chi connectivity index (χ1n) is 9.80. The predicted octanol–water partition coefficient (Wildman–Crippen LogP) is 2.37. The number of hydrogen-bond donors (Lipinski definition) is 1. The average molecular weight is 360 g/mol. The number of carbonyl (C=O) groups excluding carboxylic acids is 2. The Morgan fingerprint density at radius 2 is 1.96 bits per heavy atom. The zero-order valence-corrected chi connectivity index (χ0v) is 15.7. The number of carbonyl (C=O) groups is 2. The molecule has 4 fully saturated rings. The lowest BCUT2D eigenvalue weighted by molar-refractivity contribution is -0.140. The van der Waals surface area contributed by atoms with E-state index in [4.69, 9.17) is 4.52 Å². The van der Waals surface area contributed by atoms with Gasteiger partial charge in [-0.3, -0.25) is 4.79 Å². The van der Waals surface area contributed by atoms with Crippen LogP contribution in [0.5, 0.6) is 0 Å². The summed E-state index contributed by atoms with van der Waals surface area (Å²) < 4.78 is 5.25. The van der Waals surface area contributed by atoms with E-state index in [1.807, 2.05) is 23.6 Å². The fraction of sp³-hybridized carbons (Fsp3) is 0.737. The molecule has 2 atom stereocenters. The van der Waals surface area contributed by atoms with Crippen LogP contribution in [0, 0.1) is 19.8 Å². The van der Waals surface area contributed by atoms with Crippen molar-refractivity contribution in [2.24, 2.45) is 5.92 Å². The van der Waals surface area contributed by atoms with Crippen molar-refractivity contribution in [1.82, 2.24) is 20.3 Å². The normalized spacial score (nSPS) is 26.5. The molecule has 2 bridgehead atoms. The number of aryl methyl sites for hydroxylation is 2. The van der Waals surface area contributed by atoms with Gasteiger partial charge in [0, 0.05) is 30.7 Å². The van der Waals surface area contributed by atoms with Gasteiger partial charge in [0.15, 0.2) is 0 Å². The number of nitrogens with zero attached hydrogens (tertiary/aromatic N) is 3. The van der Waals surface area contributed by atoms with Gasteiger partial charge in [0.1, 0.15) is 5.76 Å². The van der Waals surface area contributed by atoms with Crippen LogP contribution >= 0.6 is 0 Å². The van der Waals surface area contributed by atoms with Crippen molar-refractivity contribution >= 4 is 11.9 Å². The summed E-state index contributed by atoms with van der Waals surface area (Å²) >= 11 is 0. The molecule has 1 aliphatic carbocycles. The number of nitrogens with one attached hydrogen (secondary N) is 1. The lowest BCUT2D eigenvalue weighted by Gasteiger charge is -2.35. The number of aromatic nitrogens is 1. The van der Waals surface area contributed by atoms with Crippen molar-refractivity contribution in [2.75, 3.05) is 13.1 Å². The third-order valence-corrected chi connectivity index (χ3v) is 6.27.